The number of carbonyl (C=O) groups is 1. The highest BCUT2D eigenvalue weighted by molar-refractivity contribution is 5.83. The van der Waals surface area contributed by atoms with Crippen molar-refractivity contribution in [1.29, 1.82) is 0 Å². The van der Waals surface area contributed by atoms with Crippen LogP contribution in [0.5, 0.6) is 5.75 Å². The molecule has 1 amide bonds. The van der Waals surface area contributed by atoms with E-state index in [1.165, 1.54) is 0 Å². The van der Waals surface area contributed by atoms with E-state index in [-0.39, 0.29) is 18.7 Å². The van der Waals surface area contributed by atoms with Crippen LogP contribution in [-0.4, -0.2) is 34.0 Å². The Hall–Kier alpha value is -2.41. The van der Waals surface area contributed by atoms with Crippen molar-refractivity contribution in [1.82, 2.24) is 20.1 Å². The lowest BCUT2D eigenvalue weighted by Gasteiger charge is -2.26. The van der Waals surface area contributed by atoms with Crippen molar-refractivity contribution < 1.29 is 14.3 Å². The molecule has 1 N–H and O–H groups in total. The summed E-state index contributed by atoms with van der Waals surface area (Å²) < 4.78 is 12.7. The molecule has 0 bridgehead atoms. The van der Waals surface area contributed by atoms with Crippen LogP contribution in [0.1, 0.15) is 36.3 Å². The second kappa shape index (κ2) is 6.37. The molecule has 2 aromatic rings. The predicted molar refractivity (Wildman–Crippen MR) is 83.0 cm³/mol. The number of ether oxygens (including phenoxy) is 2. The number of aromatic nitrogens is 3. The van der Waals surface area contributed by atoms with Gasteiger partial charge in [-0.2, -0.15) is 5.10 Å². The Morgan fingerprint density at radius 1 is 1.43 bits per heavy atom. The molecule has 122 valence electrons. The third-order valence-electron chi connectivity index (χ3n) is 3.79. The molecule has 2 atom stereocenters. The zero-order chi connectivity index (χ0) is 16.4. The van der Waals surface area contributed by atoms with Crippen molar-refractivity contribution in [3.63, 3.8) is 0 Å². The van der Waals surface area contributed by atoms with Crippen LogP contribution in [0.3, 0.4) is 0 Å². The Morgan fingerprint density at radius 2 is 2.22 bits per heavy atom. The summed E-state index contributed by atoms with van der Waals surface area (Å²) in [6.07, 6.45) is -0.647. The largest absolute Gasteiger partial charge is 0.467 e. The smallest absolute Gasteiger partial charge is 0.254 e. The van der Waals surface area contributed by atoms with Gasteiger partial charge in [-0.05, 0) is 26.8 Å². The van der Waals surface area contributed by atoms with Crippen molar-refractivity contribution in [2.75, 3.05) is 13.3 Å². The van der Waals surface area contributed by atoms with Gasteiger partial charge in [-0.1, -0.05) is 18.2 Å². The van der Waals surface area contributed by atoms with Gasteiger partial charge in [0.1, 0.15) is 17.4 Å². The molecule has 0 saturated heterocycles. The van der Waals surface area contributed by atoms with Crippen molar-refractivity contribution in [3.8, 4) is 5.75 Å². The first kappa shape index (κ1) is 15.5. The molecular formula is C16H20N4O3. The predicted octanol–water partition coefficient (Wildman–Crippen LogP) is 1.68. The first-order valence-corrected chi connectivity index (χ1v) is 7.57. The van der Waals surface area contributed by atoms with Crippen LogP contribution < -0.4 is 10.1 Å². The first-order chi connectivity index (χ1) is 11.1. The zero-order valence-electron chi connectivity index (χ0n) is 13.4. The number of carbonyl (C=O) groups excluding carboxylic acids is 1. The fourth-order valence-corrected chi connectivity index (χ4v) is 2.68. The van der Waals surface area contributed by atoms with E-state index in [4.69, 9.17) is 9.47 Å². The van der Waals surface area contributed by atoms with Gasteiger partial charge in [-0.15, -0.1) is 0 Å². The molecule has 7 nitrogen and oxygen atoms in total. The number of amides is 1. The van der Waals surface area contributed by atoms with Gasteiger partial charge in [-0.3, -0.25) is 4.79 Å². The van der Waals surface area contributed by atoms with E-state index in [2.05, 4.69) is 15.4 Å². The van der Waals surface area contributed by atoms with E-state index in [1.54, 1.807) is 0 Å². The number of fused-ring (bicyclic) bond motifs is 1. The molecule has 0 aliphatic carbocycles. The van der Waals surface area contributed by atoms with Gasteiger partial charge in [0, 0.05) is 12.1 Å². The second-order valence-electron chi connectivity index (χ2n) is 5.59. The lowest BCUT2D eigenvalue weighted by Crippen LogP contribution is -2.37. The summed E-state index contributed by atoms with van der Waals surface area (Å²) in [4.78, 5) is 16.7. The molecule has 3 rings (SSSR count). The fourth-order valence-electron chi connectivity index (χ4n) is 2.68. The summed E-state index contributed by atoms with van der Waals surface area (Å²) in [5.74, 6) is 2.07. The molecule has 0 saturated carbocycles. The molecule has 0 unspecified atom stereocenters. The van der Waals surface area contributed by atoms with Gasteiger partial charge in [0.15, 0.2) is 12.9 Å². The number of benzene rings is 1. The summed E-state index contributed by atoms with van der Waals surface area (Å²) in [6, 6.07) is 7.42. The van der Waals surface area contributed by atoms with E-state index in [0.717, 1.165) is 17.2 Å². The van der Waals surface area contributed by atoms with Crippen molar-refractivity contribution in [2.45, 2.75) is 32.9 Å². The van der Waals surface area contributed by atoms with Crippen LogP contribution in [-0.2, 0) is 9.53 Å². The Morgan fingerprint density at radius 3 is 2.96 bits per heavy atom. The van der Waals surface area contributed by atoms with Crippen LogP contribution in [0, 0.1) is 13.8 Å². The average molecular weight is 316 g/mol. The number of para-hydroxylation sites is 1. The van der Waals surface area contributed by atoms with Crippen LogP contribution in [0.15, 0.2) is 24.3 Å². The minimum Gasteiger partial charge on any atom is -0.467 e. The van der Waals surface area contributed by atoms with Crippen LogP contribution >= 0.6 is 0 Å². The minimum atomic E-state index is -0.647. The zero-order valence-corrected chi connectivity index (χ0v) is 13.4. The lowest BCUT2D eigenvalue weighted by atomic mass is 10.1. The quantitative estimate of drug-likeness (QED) is 0.928. The number of rotatable bonds is 4. The molecule has 0 spiro atoms. The third-order valence-corrected chi connectivity index (χ3v) is 3.79. The SMILES string of the molecule is Cc1nc(C)n([C@H](C)CNC(=O)[C@@H]2OCOc3ccccc32)n1. The Kier molecular flexibility index (Phi) is 4.29. The maximum Gasteiger partial charge on any atom is 0.254 e. The molecule has 0 fully saturated rings. The van der Waals surface area contributed by atoms with Gasteiger partial charge in [0.2, 0.25) is 0 Å². The number of aryl methyl sites for hydroxylation is 2. The molecule has 1 aromatic heterocycles. The van der Waals surface area contributed by atoms with E-state index >= 15 is 0 Å². The Bertz CT molecular complexity index is 713. The third kappa shape index (κ3) is 3.19. The molecule has 1 aliphatic rings. The topological polar surface area (TPSA) is 78.3 Å². The normalized spacial score (nSPS) is 18.0. The van der Waals surface area contributed by atoms with E-state index in [1.807, 2.05) is 49.7 Å². The number of hydrogen-bond acceptors (Lipinski definition) is 5. The number of hydrogen-bond donors (Lipinski definition) is 1. The highest BCUT2D eigenvalue weighted by Gasteiger charge is 2.28. The van der Waals surface area contributed by atoms with Gasteiger partial charge in [0.25, 0.3) is 5.91 Å². The van der Waals surface area contributed by atoms with Crippen LogP contribution in [0.25, 0.3) is 0 Å². The van der Waals surface area contributed by atoms with Gasteiger partial charge in [0.05, 0.1) is 6.04 Å². The van der Waals surface area contributed by atoms with Crippen LogP contribution in [0.4, 0.5) is 0 Å². The molecule has 1 aromatic carbocycles. The summed E-state index contributed by atoms with van der Waals surface area (Å²) in [7, 11) is 0. The van der Waals surface area contributed by atoms with E-state index in [0.29, 0.717) is 12.3 Å². The maximum absolute atomic E-state index is 12.4. The number of nitrogens with zero attached hydrogens (tertiary/aromatic N) is 3. The van der Waals surface area contributed by atoms with Gasteiger partial charge < -0.3 is 14.8 Å². The molecular weight excluding hydrogens is 296 g/mol. The Labute approximate surface area is 134 Å². The monoisotopic (exact) mass is 316 g/mol. The highest BCUT2D eigenvalue weighted by Crippen LogP contribution is 2.31. The molecule has 0 radical (unpaired) electrons. The molecule has 23 heavy (non-hydrogen) atoms. The molecule has 1 aliphatic heterocycles. The van der Waals surface area contributed by atoms with Gasteiger partial charge >= 0.3 is 0 Å². The highest BCUT2D eigenvalue weighted by atomic mass is 16.7. The maximum atomic E-state index is 12.4. The average Bonchev–Trinajstić information content (AvgIpc) is 2.90. The van der Waals surface area contributed by atoms with Crippen molar-refractivity contribution in [2.24, 2.45) is 0 Å². The first-order valence-electron chi connectivity index (χ1n) is 7.57. The summed E-state index contributed by atoms with van der Waals surface area (Å²) in [5, 5.41) is 7.26. The lowest BCUT2D eigenvalue weighted by molar-refractivity contribution is -0.142. The van der Waals surface area contributed by atoms with E-state index in [9.17, 15) is 4.79 Å². The minimum absolute atomic E-state index is 0.00948. The van der Waals surface area contributed by atoms with Crippen molar-refractivity contribution in [3.05, 3.63) is 41.5 Å². The summed E-state index contributed by atoms with van der Waals surface area (Å²) >= 11 is 0. The van der Waals surface area contributed by atoms with Crippen LogP contribution in [0.2, 0.25) is 0 Å². The second-order valence-corrected chi connectivity index (χ2v) is 5.59. The fraction of sp³-hybridized carbons (Fsp3) is 0.438. The Balaban J connectivity index is 1.65. The summed E-state index contributed by atoms with van der Waals surface area (Å²) in [6.45, 7) is 6.26. The van der Waals surface area contributed by atoms with E-state index < -0.39 is 6.10 Å². The molecule has 2 heterocycles. The van der Waals surface area contributed by atoms with Crippen molar-refractivity contribution >= 4 is 5.91 Å². The number of nitrogens with one attached hydrogen (secondary N) is 1. The summed E-state index contributed by atoms with van der Waals surface area (Å²) in [5.41, 5.74) is 0.747. The van der Waals surface area contributed by atoms with Gasteiger partial charge in [-0.25, -0.2) is 9.67 Å². The molecule has 7 heteroatoms. The standard InChI is InChI=1S/C16H20N4O3/c1-10(20-12(3)18-11(2)19-20)8-17-16(21)15-13-6-4-5-7-14(13)22-9-23-15/h4-7,10,15H,8-9H2,1-3H3,(H,17,21)/t10-,15-/m1/s1.